The molecule has 0 aliphatic heterocycles. The molecule has 2 aromatic rings. The van der Waals surface area contributed by atoms with E-state index in [1.54, 1.807) is 19.1 Å². The lowest BCUT2D eigenvalue weighted by Gasteiger charge is -2.06. The number of nitro groups is 1. The number of nitrogens with two attached hydrogens (primary N) is 1. The first-order chi connectivity index (χ1) is 13.0. The molecule has 0 heterocycles. The molecule has 0 saturated heterocycles. The van der Waals surface area contributed by atoms with Gasteiger partial charge < -0.3 is 15.2 Å². The Labute approximate surface area is 171 Å². The second-order valence-electron chi connectivity index (χ2n) is 5.51. The van der Waals surface area contributed by atoms with Crippen LogP contribution in [0.4, 0.5) is 11.4 Å². The van der Waals surface area contributed by atoms with Gasteiger partial charge in [-0.05, 0) is 37.6 Å². The Morgan fingerprint density at radius 3 is 1.79 bits per heavy atom. The van der Waals surface area contributed by atoms with Crippen molar-refractivity contribution in [3.05, 3.63) is 66.7 Å². The number of nitro benzene ring substituents is 1. The molecule has 28 heavy (non-hydrogen) atoms. The van der Waals surface area contributed by atoms with Gasteiger partial charge in [-0.25, -0.2) is 9.59 Å². The van der Waals surface area contributed by atoms with Crippen LogP contribution in [-0.4, -0.2) is 31.1 Å². The number of carbonyl (C=O) groups is 2. The van der Waals surface area contributed by atoms with Gasteiger partial charge in [-0.15, -0.1) is 0 Å². The van der Waals surface area contributed by atoms with Crippen molar-refractivity contribution in [2.45, 2.75) is 13.8 Å². The lowest BCUT2D eigenvalue weighted by Crippen LogP contribution is -2.06. The summed E-state index contributed by atoms with van der Waals surface area (Å²) in [5.74, 6) is -1.07. The molecule has 0 bridgehead atoms. The van der Waals surface area contributed by atoms with Crippen molar-refractivity contribution in [1.29, 1.82) is 0 Å². The smallest absolute Gasteiger partial charge is 0.338 e. The zero-order valence-electron chi connectivity index (χ0n) is 15.5. The molecule has 0 aromatic heterocycles. The quantitative estimate of drug-likeness (QED) is 0.333. The molecule has 0 amide bonds. The first kappa shape index (κ1) is 23.2. The average Bonchev–Trinajstić information content (AvgIpc) is 2.65. The van der Waals surface area contributed by atoms with Crippen LogP contribution in [0.1, 0.15) is 31.8 Å². The van der Waals surface area contributed by atoms with Gasteiger partial charge in [0.2, 0.25) is 0 Å². The maximum absolute atomic E-state index is 11.3. The number of esters is 2. The summed E-state index contributed by atoms with van der Waals surface area (Å²) in [5.41, 5.74) is 7.38. The summed E-state index contributed by atoms with van der Waals surface area (Å²) in [6.07, 6.45) is 0. The molecule has 0 spiro atoms. The van der Waals surface area contributed by atoms with E-state index in [-0.39, 0.29) is 21.8 Å². The summed E-state index contributed by atoms with van der Waals surface area (Å²) in [6.45, 7) is 3.22. The van der Waals surface area contributed by atoms with Crippen LogP contribution in [0.2, 0.25) is 10.0 Å². The molecule has 0 fully saturated rings. The van der Waals surface area contributed by atoms with Crippen molar-refractivity contribution >= 4 is 46.5 Å². The Kier molecular flexibility index (Phi) is 8.21. The van der Waals surface area contributed by atoms with Crippen molar-refractivity contribution in [2.75, 3.05) is 20.0 Å². The molecule has 10 heteroatoms. The van der Waals surface area contributed by atoms with E-state index in [1.807, 2.05) is 0 Å². The third-order valence-electron chi connectivity index (χ3n) is 3.76. The van der Waals surface area contributed by atoms with Crippen LogP contribution >= 0.6 is 23.2 Å². The number of halogens is 2. The van der Waals surface area contributed by atoms with E-state index in [2.05, 4.69) is 9.47 Å². The number of nitrogens with zero attached hydrogens (tertiary/aromatic N) is 1. The SMILES string of the molecule is COC(=O)c1cc(Cl)cc(N)c1C.COC(=O)c1cc(Cl)cc([N+](=O)[O-])c1C. The van der Waals surface area contributed by atoms with Gasteiger partial charge in [0, 0.05) is 27.4 Å². The first-order valence-corrected chi connectivity index (χ1v) is 8.45. The highest BCUT2D eigenvalue weighted by atomic mass is 35.5. The zero-order chi connectivity index (χ0) is 21.6. The van der Waals surface area contributed by atoms with E-state index in [4.69, 9.17) is 28.9 Å². The summed E-state index contributed by atoms with van der Waals surface area (Å²) >= 11 is 11.4. The average molecular weight is 429 g/mol. The van der Waals surface area contributed by atoms with Crippen molar-refractivity contribution < 1.29 is 24.0 Å². The summed E-state index contributed by atoms with van der Waals surface area (Å²) in [5, 5.41) is 11.2. The highest BCUT2D eigenvalue weighted by molar-refractivity contribution is 6.31. The van der Waals surface area contributed by atoms with Crippen LogP contribution < -0.4 is 5.73 Å². The van der Waals surface area contributed by atoms with Crippen LogP contribution in [-0.2, 0) is 9.47 Å². The van der Waals surface area contributed by atoms with Crippen molar-refractivity contribution in [3.63, 3.8) is 0 Å². The van der Waals surface area contributed by atoms with E-state index in [0.29, 0.717) is 21.8 Å². The number of benzene rings is 2. The predicted molar refractivity (Wildman–Crippen MR) is 106 cm³/mol. The van der Waals surface area contributed by atoms with Gasteiger partial charge in [0.05, 0.1) is 30.3 Å². The maximum Gasteiger partial charge on any atom is 0.338 e. The maximum atomic E-state index is 11.3. The zero-order valence-corrected chi connectivity index (χ0v) is 17.1. The van der Waals surface area contributed by atoms with Crippen molar-refractivity contribution in [3.8, 4) is 0 Å². The van der Waals surface area contributed by atoms with E-state index < -0.39 is 16.9 Å². The number of nitrogen functional groups attached to an aromatic ring is 1. The van der Waals surface area contributed by atoms with E-state index in [1.165, 1.54) is 33.3 Å². The van der Waals surface area contributed by atoms with Crippen LogP contribution in [0.15, 0.2) is 24.3 Å². The van der Waals surface area contributed by atoms with Crippen LogP contribution in [0.3, 0.4) is 0 Å². The Morgan fingerprint density at radius 2 is 1.36 bits per heavy atom. The number of hydrogen-bond acceptors (Lipinski definition) is 7. The third-order valence-corrected chi connectivity index (χ3v) is 4.20. The van der Waals surface area contributed by atoms with E-state index in [0.717, 1.165) is 0 Å². The fraction of sp³-hybridized carbons (Fsp3) is 0.222. The number of methoxy groups -OCH3 is 2. The topological polar surface area (TPSA) is 122 Å². The van der Waals surface area contributed by atoms with Crippen molar-refractivity contribution in [2.24, 2.45) is 0 Å². The third kappa shape index (κ3) is 5.58. The molecule has 2 rings (SSSR count). The minimum Gasteiger partial charge on any atom is -0.465 e. The monoisotopic (exact) mass is 428 g/mol. The Morgan fingerprint density at radius 1 is 0.929 bits per heavy atom. The molecule has 0 aliphatic carbocycles. The second-order valence-corrected chi connectivity index (χ2v) is 6.38. The Bertz CT molecular complexity index is 931. The molecule has 2 aromatic carbocycles. The van der Waals surface area contributed by atoms with Crippen LogP contribution in [0.5, 0.6) is 0 Å². The summed E-state index contributed by atoms with van der Waals surface area (Å²) in [6, 6.07) is 5.68. The van der Waals surface area contributed by atoms with Gasteiger partial charge in [-0.3, -0.25) is 10.1 Å². The summed E-state index contributed by atoms with van der Waals surface area (Å²) in [4.78, 5) is 32.5. The van der Waals surface area contributed by atoms with Crippen LogP contribution in [0, 0.1) is 24.0 Å². The lowest BCUT2D eigenvalue weighted by molar-refractivity contribution is -0.385. The Hall–Kier alpha value is -2.84. The minimum absolute atomic E-state index is 0.108. The van der Waals surface area contributed by atoms with Crippen LogP contribution in [0.25, 0.3) is 0 Å². The number of anilines is 1. The predicted octanol–water partition coefficient (Wildman–Crippen LogP) is 4.36. The van der Waals surface area contributed by atoms with Crippen molar-refractivity contribution in [1.82, 2.24) is 0 Å². The first-order valence-electron chi connectivity index (χ1n) is 7.70. The molecule has 0 atom stereocenters. The molecule has 0 saturated carbocycles. The Balaban J connectivity index is 0.000000283. The molecule has 150 valence electrons. The largest absolute Gasteiger partial charge is 0.465 e. The fourth-order valence-electron chi connectivity index (χ4n) is 2.20. The van der Waals surface area contributed by atoms with Gasteiger partial charge in [-0.2, -0.15) is 0 Å². The minimum atomic E-state index is -0.641. The normalized spacial score (nSPS) is 9.79. The number of rotatable bonds is 3. The highest BCUT2D eigenvalue weighted by Gasteiger charge is 2.20. The molecule has 0 aliphatic rings. The number of ether oxygens (including phenoxy) is 2. The van der Waals surface area contributed by atoms with Gasteiger partial charge in [-0.1, -0.05) is 23.2 Å². The van der Waals surface area contributed by atoms with Gasteiger partial charge >= 0.3 is 11.9 Å². The highest BCUT2D eigenvalue weighted by Crippen LogP contribution is 2.27. The molecule has 0 radical (unpaired) electrons. The second kappa shape index (κ2) is 9.91. The fourth-order valence-corrected chi connectivity index (χ4v) is 2.64. The molecule has 2 N–H and O–H groups in total. The molecule has 8 nitrogen and oxygen atoms in total. The number of hydrogen-bond donors (Lipinski definition) is 1. The standard InChI is InChI=1S/C9H8ClNO4.C9H10ClNO2/c1-5-7(9(12)15-2)3-6(10)4-8(5)11(13)14;1-5-7(9(12)13-2)3-6(10)4-8(5)11/h3-4H,1-2H3;3-4H,11H2,1-2H3. The van der Waals surface area contributed by atoms with Gasteiger partial charge in [0.25, 0.3) is 5.69 Å². The van der Waals surface area contributed by atoms with E-state index in [9.17, 15) is 19.7 Å². The summed E-state index contributed by atoms with van der Waals surface area (Å²) < 4.78 is 9.06. The van der Waals surface area contributed by atoms with Gasteiger partial charge in [0.15, 0.2) is 0 Å². The lowest BCUT2D eigenvalue weighted by atomic mass is 10.1. The van der Waals surface area contributed by atoms with E-state index >= 15 is 0 Å². The number of carbonyl (C=O) groups excluding carboxylic acids is 2. The van der Waals surface area contributed by atoms with Gasteiger partial charge in [0.1, 0.15) is 0 Å². The summed E-state index contributed by atoms with van der Waals surface area (Å²) in [7, 11) is 2.52. The molecular weight excluding hydrogens is 411 g/mol. The molecular formula is C18H18Cl2N2O6. The molecule has 0 unspecified atom stereocenters.